The van der Waals surface area contributed by atoms with Gasteiger partial charge in [0.2, 0.25) is 10.0 Å². The van der Waals surface area contributed by atoms with Crippen LogP contribution in [0.25, 0.3) is 0 Å². The lowest BCUT2D eigenvalue weighted by Crippen LogP contribution is -2.45. The number of thiophene rings is 1. The predicted molar refractivity (Wildman–Crippen MR) is 83.6 cm³/mol. The molecule has 1 aliphatic heterocycles. The van der Waals surface area contributed by atoms with Gasteiger partial charge in [-0.25, -0.2) is 17.9 Å². The third-order valence-corrected chi connectivity index (χ3v) is 6.79. The molecule has 0 spiro atoms. The van der Waals surface area contributed by atoms with Crippen LogP contribution in [0, 0.1) is 0 Å². The van der Waals surface area contributed by atoms with Gasteiger partial charge < -0.3 is 9.64 Å². The Bertz CT molecular complexity index is 644. The highest BCUT2D eigenvalue weighted by Crippen LogP contribution is 2.30. The van der Waals surface area contributed by atoms with Gasteiger partial charge in [-0.1, -0.05) is 0 Å². The molecular weight excluding hydrogens is 324 g/mol. The largest absolute Gasteiger partial charge is 0.465 e. The van der Waals surface area contributed by atoms with Crippen molar-refractivity contribution in [1.29, 1.82) is 0 Å². The van der Waals surface area contributed by atoms with Crippen molar-refractivity contribution >= 4 is 27.3 Å². The van der Waals surface area contributed by atoms with E-state index in [0.717, 1.165) is 43.3 Å². The van der Waals surface area contributed by atoms with Crippen LogP contribution < -0.4 is 4.72 Å². The molecule has 6 nitrogen and oxygen atoms in total. The van der Waals surface area contributed by atoms with Crippen LogP contribution in [0.15, 0.2) is 16.3 Å². The van der Waals surface area contributed by atoms with Gasteiger partial charge in [0.1, 0.15) is 9.77 Å². The van der Waals surface area contributed by atoms with E-state index in [9.17, 15) is 13.2 Å². The van der Waals surface area contributed by atoms with Gasteiger partial charge in [-0.15, -0.1) is 11.3 Å². The molecule has 22 heavy (non-hydrogen) atoms. The molecule has 2 aliphatic rings. The van der Waals surface area contributed by atoms with E-state index in [1.807, 2.05) is 0 Å². The van der Waals surface area contributed by atoms with Crippen LogP contribution in [0.1, 0.15) is 35.4 Å². The highest BCUT2D eigenvalue weighted by atomic mass is 32.2. The Hall–Kier alpha value is -0.960. The van der Waals surface area contributed by atoms with E-state index in [4.69, 9.17) is 0 Å². The fourth-order valence-electron chi connectivity index (χ4n) is 2.86. The van der Waals surface area contributed by atoms with Crippen LogP contribution in [0.4, 0.5) is 0 Å². The van der Waals surface area contributed by atoms with Crippen LogP contribution in [0.2, 0.25) is 0 Å². The molecule has 1 aromatic heterocycles. The molecule has 1 aromatic rings. The number of methoxy groups -OCH3 is 1. The summed E-state index contributed by atoms with van der Waals surface area (Å²) >= 11 is 1.08. The Morgan fingerprint density at radius 1 is 1.32 bits per heavy atom. The minimum Gasteiger partial charge on any atom is -0.465 e. The van der Waals surface area contributed by atoms with Crippen molar-refractivity contribution in [3.05, 3.63) is 16.3 Å². The Morgan fingerprint density at radius 2 is 2.00 bits per heavy atom. The summed E-state index contributed by atoms with van der Waals surface area (Å²) in [6.45, 7) is 1.87. The van der Waals surface area contributed by atoms with Gasteiger partial charge in [-0.3, -0.25) is 0 Å². The highest BCUT2D eigenvalue weighted by molar-refractivity contribution is 7.89. The summed E-state index contributed by atoms with van der Waals surface area (Å²) in [6.07, 6.45) is 4.17. The SMILES string of the molecule is COC(=O)c1sccc1S(=O)(=O)NC1CCN(C2CC2)CC1. The number of nitrogens with one attached hydrogen (secondary N) is 1. The number of likely N-dealkylation sites (tertiary alicyclic amines) is 1. The van der Waals surface area contributed by atoms with Gasteiger partial charge in [0.05, 0.1) is 7.11 Å². The maximum atomic E-state index is 12.5. The van der Waals surface area contributed by atoms with Crippen molar-refractivity contribution in [2.45, 2.75) is 42.7 Å². The fraction of sp³-hybridized carbons (Fsp3) is 0.643. The van der Waals surface area contributed by atoms with Crippen LogP contribution in [0.3, 0.4) is 0 Å². The molecule has 1 N–H and O–H groups in total. The Balaban J connectivity index is 1.66. The molecule has 8 heteroatoms. The zero-order valence-electron chi connectivity index (χ0n) is 12.4. The van der Waals surface area contributed by atoms with Crippen LogP contribution in [-0.2, 0) is 14.8 Å². The lowest BCUT2D eigenvalue weighted by molar-refractivity contribution is 0.0602. The van der Waals surface area contributed by atoms with Gasteiger partial charge in [-0.05, 0) is 50.2 Å². The number of carbonyl (C=O) groups excluding carboxylic acids is 1. The van der Waals surface area contributed by atoms with E-state index in [-0.39, 0.29) is 15.8 Å². The summed E-state index contributed by atoms with van der Waals surface area (Å²) in [6, 6.07) is 2.12. The first-order valence-corrected chi connectivity index (χ1v) is 9.80. The summed E-state index contributed by atoms with van der Waals surface area (Å²) in [5.41, 5.74) is 0. The normalized spacial score (nSPS) is 21.0. The molecule has 0 atom stereocenters. The van der Waals surface area contributed by atoms with Crippen molar-refractivity contribution in [3.8, 4) is 0 Å². The Kier molecular flexibility index (Phi) is 4.54. The summed E-state index contributed by atoms with van der Waals surface area (Å²) in [7, 11) is -2.43. The molecule has 2 heterocycles. The van der Waals surface area contributed by atoms with E-state index in [1.54, 1.807) is 5.38 Å². The van der Waals surface area contributed by atoms with Crippen molar-refractivity contribution in [3.63, 3.8) is 0 Å². The maximum Gasteiger partial charge on any atom is 0.349 e. The molecule has 1 saturated carbocycles. The molecule has 0 radical (unpaired) electrons. The van der Waals surface area contributed by atoms with Crippen molar-refractivity contribution < 1.29 is 17.9 Å². The molecular formula is C14H20N2O4S2. The smallest absolute Gasteiger partial charge is 0.349 e. The zero-order valence-corrected chi connectivity index (χ0v) is 14.1. The van der Waals surface area contributed by atoms with E-state index in [2.05, 4.69) is 14.4 Å². The minimum absolute atomic E-state index is 0.0222. The molecule has 3 rings (SSSR count). The second-order valence-electron chi connectivity index (χ2n) is 5.77. The van der Waals surface area contributed by atoms with Crippen LogP contribution in [0.5, 0.6) is 0 Å². The molecule has 0 aromatic carbocycles. The molecule has 2 fully saturated rings. The topological polar surface area (TPSA) is 75.7 Å². The molecule has 0 amide bonds. The first-order chi connectivity index (χ1) is 10.5. The number of carbonyl (C=O) groups is 1. The number of rotatable bonds is 5. The summed E-state index contributed by atoms with van der Waals surface area (Å²) < 4.78 is 32.4. The van der Waals surface area contributed by atoms with Crippen molar-refractivity contribution in [2.75, 3.05) is 20.2 Å². The fourth-order valence-corrected chi connectivity index (χ4v) is 5.50. The molecule has 0 bridgehead atoms. The Morgan fingerprint density at radius 3 is 2.59 bits per heavy atom. The number of esters is 1. The summed E-state index contributed by atoms with van der Waals surface area (Å²) in [5.74, 6) is -0.612. The monoisotopic (exact) mass is 344 g/mol. The molecule has 1 saturated heterocycles. The maximum absolute atomic E-state index is 12.5. The average Bonchev–Trinajstić information content (AvgIpc) is 3.22. The first kappa shape index (κ1) is 15.9. The first-order valence-electron chi connectivity index (χ1n) is 7.43. The number of sulfonamides is 1. The number of hydrogen-bond acceptors (Lipinski definition) is 6. The van der Waals surface area contributed by atoms with E-state index < -0.39 is 16.0 Å². The van der Waals surface area contributed by atoms with E-state index in [0.29, 0.717) is 0 Å². The average molecular weight is 344 g/mol. The zero-order chi connectivity index (χ0) is 15.7. The van der Waals surface area contributed by atoms with E-state index >= 15 is 0 Å². The van der Waals surface area contributed by atoms with Gasteiger partial charge >= 0.3 is 5.97 Å². The summed E-state index contributed by atoms with van der Waals surface area (Å²) in [5, 5.41) is 1.59. The molecule has 1 aliphatic carbocycles. The Labute approximate surface area is 134 Å². The minimum atomic E-state index is -3.68. The van der Waals surface area contributed by atoms with E-state index in [1.165, 1.54) is 26.0 Å². The number of nitrogens with zero attached hydrogens (tertiary/aromatic N) is 1. The predicted octanol–water partition coefficient (Wildman–Crippen LogP) is 1.44. The van der Waals surface area contributed by atoms with Gasteiger partial charge in [0.15, 0.2) is 0 Å². The number of hydrogen-bond donors (Lipinski definition) is 1. The second kappa shape index (κ2) is 6.27. The van der Waals surface area contributed by atoms with Crippen molar-refractivity contribution in [2.24, 2.45) is 0 Å². The van der Waals surface area contributed by atoms with Crippen LogP contribution >= 0.6 is 11.3 Å². The summed E-state index contributed by atoms with van der Waals surface area (Å²) in [4.78, 5) is 14.2. The highest BCUT2D eigenvalue weighted by Gasteiger charge is 2.34. The third-order valence-electron chi connectivity index (χ3n) is 4.20. The lowest BCUT2D eigenvalue weighted by Gasteiger charge is -2.32. The standard InChI is InChI=1S/C14H20N2O4S2/c1-20-14(17)13-12(6-9-21-13)22(18,19)15-10-4-7-16(8-5-10)11-2-3-11/h6,9-11,15H,2-5,7-8H2,1H3. The number of piperidine rings is 1. The number of ether oxygens (including phenoxy) is 1. The van der Waals surface area contributed by atoms with Gasteiger partial charge in [0, 0.05) is 12.1 Å². The van der Waals surface area contributed by atoms with Gasteiger partial charge in [-0.2, -0.15) is 0 Å². The second-order valence-corrected chi connectivity index (χ2v) is 8.37. The molecule has 0 unspecified atom stereocenters. The lowest BCUT2D eigenvalue weighted by atomic mass is 10.1. The van der Waals surface area contributed by atoms with Crippen molar-refractivity contribution in [1.82, 2.24) is 9.62 Å². The third kappa shape index (κ3) is 3.34. The van der Waals surface area contributed by atoms with Crippen LogP contribution in [-0.4, -0.2) is 51.6 Å². The van der Waals surface area contributed by atoms with Gasteiger partial charge in [0.25, 0.3) is 0 Å². The molecule has 122 valence electrons. The quantitative estimate of drug-likeness (QED) is 0.818.